The molecule has 0 amide bonds. The maximum absolute atomic E-state index is 13.4. The van der Waals surface area contributed by atoms with Crippen LogP contribution in [0.1, 0.15) is 12.5 Å². The number of hydrogen-bond acceptors (Lipinski definition) is 1. The molecule has 0 N–H and O–H groups in total. The van der Waals surface area contributed by atoms with Crippen molar-refractivity contribution in [3.63, 3.8) is 0 Å². The third kappa shape index (κ3) is 3.26. The van der Waals surface area contributed by atoms with Crippen molar-refractivity contribution in [3.8, 4) is 5.75 Å². The second-order valence-electron chi connectivity index (χ2n) is 4.22. The molecule has 0 bridgehead atoms. The Morgan fingerprint density at radius 2 is 1.94 bits per heavy atom. The average Bonchev–Trinajstić information content (AvgIpc) is 2.29. The lowest BCUT2D eigenvalue weighted by molar-refractivity contribution is 0.384. The molecule has 0 aliphatic carbocycles. The van der Waals surface area contributed by atoms with Crippen LogP contribution in [0.25, 0.3) is 0 Å². The standard InChI is InChI=1S/C12H15Cl2FO/c1-12(7-13,8-14)6-9-3-4-11(16-2)10(15)5-9/h3-5H,6-8H2,1-2H3. The van der Waals surface area contributed by atoms with Gasteiger partial charge in [0.1, 0.15) is 0 Å². The number of methoxy groups -OCH3 is 1. The van der Waals surface area contributed by atoms with Crippen LogP contribution in [0.5, 0.6) is 5.75 Å². The van der Waals surface area contributed by atoms with Crippen LogP contribution in [0, 0.1) is 11.2 Å². The third-order valence-corrected chi connectivity index (χ3v) is 3.78. The topological polar surface area (TPSA) is 9.23 Å². The van der Waals surface area contributed by atoms with E-state index in [1.807, 2.05) is 13.0 Å². The Kier molecular flexibility index (Phi) is 4.88. The van der Waals surface area contributed by atoms with Gasteiger partial charge in [-0.1, -0.05) is 13.0 Å². The Labute approximate surface area is 106 Å². The second kappa shape index (κ2) is 5.74. The third-order valence-electron chi connectivity index (χ3n) is 2.49. The van der Waals surface area contributed by atoms with Gasteiger partial charge in [-0.3, -0.25) is 0 Å². The first-order valence-corrected chi connectivity index (χ1v) is 6.06. The highest BCUT2D eigenvalue weighted by molar-refractivity contribution is 6.21. The number of alkyl halides is 2. The van der Waals surface area contributed by atoms with Gasteiger partial charge in [-0.25, -0.2) is 4.39 Å². The van der Waals surface area contributed by atoms with E-state index in [4.69, 9.17) is 27.9 Å². The molecule has 0 aliphatic rings. The van der Waals surface area contributed by atoms with Crippen molar-refractivity contribution in [2.24, 2.45) is 5.41 Å². The lowest BCUT2D eigenvalue weighted by atomic mass is 9.87. The highest BCUT2D eigenvalue weighted by Gasteiger charge is 2.23. The largest absolute Gasteiger partial charge is 0.494 e. The van der Waals surface area contributed by atoms with Gasteiger partial charge in [-0.05, 0) is 29.5 Å². The van der Waals surface area contributed by atoms with Crippen LogP contribution < -0.4 is 4.74 Å². The molecule has 16 heavy (non-hydrogen) atoms. The van der Waals surface area contributed by atoms with E-state index in [9.17, 15) is 4.39 Å². The van der Waals surface area contributed by atoms with Gasteiger partial charge in [0.25, 0.3) is 0 Å². The predicted molar refractivity (Wildman–Crippen MR) is 66.2 cm³/mol. The fraction of sp³-hybridized carbons (Fsp3) is 0.500. The summed E-state index contributed by atoms with van der Waals surface area (Å²) in [5.41, 5.74) is 0.673. The second-order valence-corrected chi connectivity index (χ2v) is 4.76. The van der Waals surface area contributed by atoms with Gasteiger partial charge < -0.3 is 4.74 Å². The molecule has 0 saturated heterocycles. The summed E-state index contributed by atoms with van der Waals surface area (Å²) < 4.78 is 18.3. The lowest BCUT2D eigenvalue weighted by Crippen LogP contribution is -2.23. The molecule has 0 radical (unpaired) electrons. The minimum Gasteiger partial charge on any atom is -0.494 e. The van der Waals surface area contributed by atoms with Crippen LogP contribution in [-0.2, 0) is 6.42 Å². The van der Waals surface area contributed by atoms with E-state index in [0.29, 0.717) is 18.2 Å². The van der Waals surface area contributed by atoms with E-state index in [-0.39, 0.29) is 17.0 Å². The predicted octanol–water partition coefficient (Wildman–Crippen LogP) is 3.86. The maximum Gasteiger partial charge on any atom is 0.165 e. The van der Waals surface area contributed by atoms with E-state index in [2.05, 4.69) is 0 Å². The molecule has 1 nitrogen and oxygen atoms in total. The van der Waals surface area contributed by atoms with Crippen molar-refractivity contribution in [1.82, 2.24) is 0 Å². The van der Waals surface area contributed by atoms with Crippen molar-refractivity contribution in [1.29, 1.82) is 0 Å². The fourth-order valence-electron chi connectivity index (χ4n) is 1.44. The molecule has 0 spiro atoms. The smallest absolute Gasteiger partial charge is 0.165 e. The first-order chi connectivity index (χ1) is 7.54. The Bertz CT molecular complexity index is 351. The molecule has 1 rings (SSSR count). The quantitative estimate of drug-likeness (QED) is 0.734. The van der Waals surface area contributed by atoms with E-state index in [1.165, 1.54) is 13.2 Å². The highest BCUT2D eigenvalue weighted by Crippen LogP contribution is 2.27. The number of benzene rings is 1. The zero-order valence-electron chi connectivity index (χ0n) is 9.40. The summed E-state index contributed by atoms with van der Waals surface area (Å²) in [6.07, 6.45) is 0.654. The van der Waals surface area contributed by atoms with Crippen molar-refractivity contribution in [2.45, 2.75) is 13.3 Å². The normalized spacial score (nSPS) is 11.6. The average molecular weight is 265 g/mol. The molecular weight excluding hydrogens is 250 g/mol. The summed E-state index contributed by atoms with van der Waals surface area (Å²) in [6, 6.07) is 4.92. The van der Waals surface area contributed by atoms with Gasteiger partial charge in [-0.2, -0.15) is 0 Å². The van der Waals surface area contributed by atoms with Gasteiger partial charge in [0, 0.05) is 11.8 Å². The van der Waals surface area contributed by atoms with Crippen molar-refractivity contribution < 1.29 is 9.13 Å². The molecule has 4 heteroatoms. The minimum atomic E-state index is -0.355. The van der Waals surface area contributed by atoms with Crippen LogP contribution in [0.15, 0.2) is 18.2 Å². The minimum absolute atomic E-state index is 0.204. The molecule has 1 aromatic carbocycles. The molecule has 0 atom stereocenters. The Morgan fingerprint density at radius 3 is 2.38 bits per heavy atom. The fourth-order valence-corrected chi connectivity index (χ4v) is 1.92. The van der Waals surface area contributed by atoms with Crippen molar-refractivity contribution in [3.05, 3.63) is 29.6 Å². The molecule has 1 aromatic rings. The zero-order valence-corrected chi connectivity index (χ0v) is 10.9. The van der Waals surface area contributed by atoms with Crippen LogP contribution in [0.4, 0.5) is 4.39 Å². The van der Waals surface area contributed by atoms with Crippen molar-refractivity contribution in [2.75, 3.05) is 18.9 Å². The maximum atomic E-state index is 13.4. The molecule has 0 heterocycles. The molecule has 0 aromatic heterocycles. The summed E-state index contributed by atoms with van der Waals surface area (Å²) in [7, 11) is 1.44. The van der Waals surface area contributed by atoms with E-state index >= 15 is 0 Å². The number of ether oxygens (including phenoxy) is 1. The summed E-state index contributed by atoms with van der Waals surface area (Å²) in [5.74, 6) is 0.794. The van der Waals surface area contributed by atoms with Gasteiger partial charge in [-0.15, -0.1) is 23.2 Å². The van der Waals surface area contributed by atoms with E-state index in [1.54, 1.807) is 6.07 Å². The van der Waals surface area contributed by atoms with E-state index in [0.717, 1.165) is 5.56 Å². The van der Waals surface area contributed by atoms with Gasteiger partial charge in [0.2, 0.25) is 0 Å². The number of hydrogen-bond donors (Lipinski definition) is 0. The first-order valence-electron chi connectivity index (χ1n) is 4.99. The summed E-state index contributed by atoms with van der Waals surface area (Å²) in [4.78, 5) is 0. The van der Waals surface area contributed by atoms with Crippen molar-refractivity contribution >= 4 is 23.2 Å². The SMILES string of the molecule is COc1ccc(CC(C)(CCl)CCl)cc1F. The van der Waals surface area contributed by atoms with Crippen LogP contribution in [0.2, 0.25) is 0 Å². The summed E-state index contributed by atoms with van der Waals surface area (Å²) in [6.45, 7) is 1.98. The number of rotatable bonds is 5. The van der Waals surface area contributed by atoms with Gasteiger partial charge in [0.15, 0.2) is 11.6 Å². The lowest BCUT2D eigenvalue weighted by Gasteiger charge is -2.24. The van der Waals surface area contributed by atoms with Crippen LogP contribution in [0.3, 0.4) is 0 Å². The Morgan fingerprint density at radius 1 is 1.31 bits per heavy atom. The molecule has 0 saturated carbocycles. The van der Waals surface area contributed by atoms with Gasteiger partial charge in [0.05, 0.1) is 7.11 Å². The van der Waals surface area contributed by atoms with Gasteiger partial charge >= 0.3 is 0 Å². The number of halogens is 3. The summed E-state index contributed by atoms with van der Waals surface area (Å²) >= 11 is 11.7. The van der Waals surface area contributed by atoms with Crippen LogP contribution in [-0.4, -0.2) is 18.9 Å². The Balaban J connectivity index is 2.86. The molecule has 0 fully saturated rings. The molecule has 0 aliphatic heterocycles. The highest BCUT2D eigenvalue weighted by atomic mass is 35.5. The van der Waals surface area contributed by atoms with E-state index < -0.39 is 0 Å². The molecule has 90 valence electrons. The Hall–Kier alpha value is -0.470. The summed E-state index contributed by atoms with van der Waals surface area (Å²) in [5, 5.41) is 0. The van der Waals surface area contributed by atoms with Crippen LogP contribution >= 0.6 is 23.2 Å². The molecular formula is C12H15Cl2FO. The zero-order chi connectivity index (χ0) is 12.2. The first kappa shape index (κ1) is 13.6. The monoisotopic (exact) mass is 264 g/mol. The molecule has 0 unspecified atom stereocenters.